The van der Waals surface area contributed by atoms with E-state index < -0.39 is 22.8 Å². The Bertz CT molecular complexity index is 485. The molecule has 0 saturated carbocycles. The number of halogens is 3. The molecule has 0 aliphatic rings. The standard InChI is InChI=1S/C12H12Cl3NO3S/c13-8-4-2-1-3-7(8)5-20-6-9(12(18)19)16-11(17)10(14)15/h1-4,9-10H,5-6H2,(H,16,17)(H,18,19). The van der Waals surface area contributed by atoms with Gasteiger partial charge in [0.15, 0.2) is 4.84 Å². The molecule has 4 nitrogen and oxygen atoms in total. The van der Waals surface area contributed by atoms with Gasteiger partial charge in [-0.25, -0.2) is 4.79 Å². The first-order chi connectivity index (χ1) is 9.41. The minimum Gasteiger partial charge on any atom is -0.480 e. The summed E-state index contributed by atoms with van der Waals surface area (Å²) in [6, 6.07) is 6.24. The van der Waals surface area contributed by atoms with Crippen molar-refractivity contribution < 1.29 is 14.7 Å². The summed E-state index contributed by atoms with van der Waals surface area (Å²) < 4.78 is 0. The summed E-state index contributed by atoms with van der Waals surface area (Å²) in [5.41, 5.74) is 0.905. The van der Waals surface area contributed by atoms with Crippen molar-refractivity contribution in [3.8, 4) is 0 Å². The largest absolute Gasteiger partial charge is 0.480 e. The molecule has 1 atom stereocenters. The fraction of sp³-hybridized carbons (Fsp3) is 0.333. The zero-order chi connectivity index (χ0) is 15.1. The van der Waals surface area contributed by atoms with Crippen LogP contribution in [-0.2, 0) is 15.3 Å². The summed E-state index contributed by atoms with van der Waals surface area (Å²) in [6.07, 6.45) is 0. The van der Waals surface area contributed by atoms with Crippen molar-refractivity contribution in [3.63, 3.8) is 0 Å². The summed E-state index contributed by atoms with van der Waals surface area (Å²) in [6.45, 7) is 0. The molecule has 0 fully saturated rings. The van der Waals surface area contributed by atoms with E-state index in [0.717, 1.165) is 5.56 Å². The molecule has 110 valence electrons. The molecule has 0 aliphatic carbocycles. The van der Waals surface area contributed by atoms with Crippen LogP contribution >= 0.6 is 46.6 Å². The lowest BCUT2D eigenvalue weighted by Gasteiger charge is -2.14. The molecule has 0 saturated heterocycles. The lowest BCUT2D eigenvalue weighted by atomic mass is 10.2. The van der Waals surface area contributed by atoms with Gasteiger partial charge in [0.25, 0.3) is 5.91 Å². The lowest BCUT2D eigenvalue weighted by molar-refractivity contribution is -0.140. The third-order valence-electron chi connectivity index (χ3n) is 2.31. The fourth-order valence-corrected chi connectivity index (χ4v) is 2.77. The summed E-state index contributed by atoms with van der Waals surface area (Å²) >= 11 is 18.1. The first-order valence-electron chi connectivity index (χ1n) is 5.54. The Morgan fingerprint density at radius 1 is 1.30 bits per heavy atom. The number of amides is 1. The molecule has 0 aliphatic heterocycles. The zero-order valence-electron chi connectivity index (χ0n) is 10.2. The Balaban J connectivity index is 2.50. The second-order valence-electron chi connectivity index (χ2n) is 3.81. The van der Waals surface area contributed by atoms with Crippen LogP contribution in [0.4, 0.5) is 0 Å². The van der Waals surface area contributed by atoms with Gasteiger partial charge in [0.1, 0.15) is 6.04 Å². The first kappa shape index (κ1) is 17.4. The SMILES string of the molecule is O=C(NC(CSCc1ccccc1Cl)C(=O)O)C(Cl)Cl. The predicted octanol–water partition coefficient (Wildman–Crippen LogP) is 2.95. The van der Waals surface area contributed by atoms with Gasteiger partial charge in [-0.1, -0.05) is 53.0 Å². The van der Waals surface area contributed by atoms with E-state index in [2.05, 4.69) is 5.32 Å². The summed E-state index contributed by atoms with van der Waals surface area (Å²) in [5, 5.41) is 11.9. The summed E-state index contributed by atoms with van der Waals surface area (Å²) in [4.78, 5) is 21.0. The van der Waals surface area contributed by atoms with Gasteiger partial charge in [-0.3, -0.25) is 4.79 Å². The quantitative estimate of drug-likeness (QED) is 0.737. The van der Waals surface area contributed by atoms with Crippen LogP contribution in [0.3, 0.4) is 0 Å². The number of alkyl halides is 2. The number of aliphatic carboxylic acids is 1. The Morgan fingerprint density at radius 3 is 2.50 bits per heavy atom. The normalized spacial score (nSPS) is 12.2. The van der Waals surface area contributed by atoms with Gasteiger partial charge < -0.3 is 10.4 Å². The van der Waals surface area contributed by atoms with Crippen molar-refractivity contribution in [1.29, 1.82) is 0 Å². The predicted molar refractivity (Wildman–Crippen MR) is 82.7 cm³/mol. The van der Waals surface area contributed by atoms with Crippen LogP contribution in [0.25, 0.3) is 0 Å². The highest BCUT2D eigenvalue weighted by molar-refractivity contribution is 7.98. The summed E-state index contributed by atoms with van der Waals surface area (Å²) in [7, 11) is 0. The van der Waals surface area contributed by atoms with Gasteiger partial charge in [-0.15, -0.1) is 0 Å². The van der Waals surface area contributed by atoms with Crippen LogP contribution in [0.2, 0.25) is 5.02 Å². The van der Waals surface area contributed by atoms with E-state index in [1.54, 1.807) is 6.07 Å². The fourth-order valence-electron chi connectivity index (χ4n) is 1.31. The lowest BCUT2D eigenvalue weighted by Crippen LogP contribution is -2.44. The molecule has 2 N–H and O–H groups in total. The van der Waals surface area contributed by atoms with E-state index in [0.29, 0.717) is 10.8 Å². The van der Waals surface area contributed by atoms with Crippen LogP contribution in [0.15, 0.2) is 24.3 Å². The molecule has 1 amide bonds. The molecule has 1 aromatic rings. The number of thioether (sulfide) groups is 1. The Labute approximate surface area is 135 Å². The number of hydrogen-bond donors (Lipinski definition) is 2. The van der Waals surface area contributed by atoms with Gasteiger partial charge in [0, 0.05) is 16.5 Å². The van der Waals surface area contributed by atoms with Crippen LogP contribution in [0, 0.1) is 0 Å². The number of carbonyl (C=O) groups is 2. The Morgan fingerprint density at radius 2 is 1.95 bits per heavy atom. The molecule has 0 heterocycles. The number of rotatable bonds is 7. The monoisotopic (exact) mass is 355 g/mol. The van der Waals surface area contributed by atoms with E-state index in [4.69, 9.17) is 39.9 Å². The minimum absolute atomic E-state index is 0.187. The number of carboxylic acid groups (broad SMARTS) is 1. The highest BCUT2D eigenvalue weighted by atomic mass is 35.5. The van der Waals surface area contributed by atoms with Crippen molar-refractivity contribution >= 4 is 58.4 Å². The van der Waals surface area contributed by atoms with Gasteiger partial charge >= 0.3 is 5.97 Å². The van der Waals surface area contributed by atoms with Crippen molar-refractivity contribution in [1.82, 2.24) is 5.32 Å². The molecule has 1 aromatic carbocycles. The van der Waals surface area contributed by atoms with Crippen LogP contribution in [0.5, 0.6) is 0 Å². The third-order valence-corrected chi connectivity index (χ3v) is 4.16. The van der Waals surface area contributed by atoms with E-state index >= 15 is 0 Å². The Kier molecular flexibility index (Phi) is 7.51. The Hall–Kier alpha value is -0.620. The van der Waals surface area contributed by atoms with Crippen molar-refractivity contribution in [2.45, 2.75) is 16.6 Å². The van der Waals surface area contributed by atoms with Crippen LogP contribution in [0.1, 0.15) is 5.56 Å². The number of carbonyl (C=O) groups excluding carboxylic acids is 1. The van der Waals surface area contributed by atoms with Gasteiger partial charge in [0.05, 0.1) is 0 Å². The van der Waals surface area contributed by atoms with Crippen LogP contribution in [-0.4, -0.2) is 33.6 Å². The topological polar surface area (TPSA) is 66.4 Å². The van der Waals surface area contributed by atoms with E-state index in [-0.39, 0.29) is 5.75 Å². The number of nitrogens with one attached hydrogen (secondary N) is 1. The average Bonchev–Trinajstić information content (AvgIpc) is 2.39. The highest BCUT2D eigenvalue weighted by Crippen LogP contribution is 2.21. The highest BCUT2D eigenvalue weighted by Gasteiger charge is 2.22. The third kappa shape index (κ3) is 5.79. The maximum Gasteiger partial charge on any atom is 0.327 e. The number of carboxylic acids is 1. The van der Waals surface area contributed by atoms with Gasteiger partial charge in [-0.2, -0.15) is 11.8 Å². The maximum atomic E-state index is 11.3. The molecule has 1 unspecified atom stereocenters. The first-order valence-corrected chi connectivity index (χ1v) is 7.95. The molecule has 0 aromatic heterocycles. The van der Waals surface area contributed by atoms with Crippen molar-refractivity contribution in [2.24, 2.45) is 0 Å². The molecule has 0 radical (unpaired) electrons. The molecule has 0 spiro atoms. The molecule has 20 heavy (non-hydrogen) atoms. The van der Waals surface area contributed by atoms with E-state index in [9.17, 15) is 9.59 Å². The summed E-state index contributed by atoms with van der Waals surface area (Å²) in [5.74, 6) is -1.13. The molecule has 8 heteroatoms. The van der Waals surface area contributed by atoms with Crippen molar-refractivity contribution in [3.05, 3.63) is 34.9 Å². The van der Waals surface area contributed by atoms with Crippen molar-refractivity contribution in [2.75, 3.05) is 5.75 Å². The van der Waals surface area contributed by atoms with E-state index in [1.165, 1.54) is 11.8 Å². The molecular formula is C12H12Cl3NO3S. The number of benzene rings is 1. The van der Waals surface area contributed by atoms with Crippen LogP contribution < -0.4 is 5.32 Å². The smallest absolute Gasteiger partial charge is 0.327 e. The molecule has 1 rings (SSSR count). The zero-order valence-corrected chi connectivity index (χ0v) is 13.3. The maximum absolute atomic E-state index is 11.3. The molecule has 0 bridgehead atoms. The second kappa shape index (κ2) is 8.62. The van der Waals surface area contributed by atoms with E-state index in [1.807, 2.05) is 18.2 Å². The van der Waals surface area contributed by atoms with Gasteiger partial charge in [0.2, 0.25) is 0 Å². The van der Waals surface area contributed by atoms with Gasteiger partial charge in [-0.05, 0) is 11.6 Å². The average molecular weight is 357 g/mol. The second-order valence-corrected chi connectivity index (χ2v) is 6.34. The molecular weight excluding hydrogens is 345 g/mol. The minimum atomic E-state index is -1.29. The number of hydrogen-bond acceptors (Lipinski definition) is 3.